The largest absolute Gasteiger partial charge is 0.382 e. The van der Waals surface area contributed by atoms with Gasteiger partial charge in [-0.2, -0.15) is 5.10 Å². The third kappa shape index (κ3) is 4.49. The molecule has 2 aromatic carbocycles. The molecule has 0 aliphatic carbocycles. The van der Waals surface area contributed by atoms with E-state index in [1.54, 1.807) is 53.2 Å². The summed E-state index contributed by atoms with van der Waals surface area (Å²) in [6.45, 7) is 4.03. The lowest BCUT2D eigenvalue weighted by atomic mass is 10.1. The number of halogens is 2. The Hall–Kier alpha value is -4.86. The summed E-state index contributed by atoms with van der Waals surface area (Å²) >= 11 is 0. The molecule has 3 heterocycles. The summed E-state index contributed by atoms with van der Waals surface area (Å²) in [5, 5.41) is 11.5. The first-order valence-corrected chi connectivity index (χ1v) is 10.6. The van der Waals surface area contributed by atoms with Gasteiger partial charge >= 0.3 is 0 Å². The molecule has 0 unspecified atom stereocenters. The minimum Gasteiger partial charge on any atom is -0.382 e. The van der Waals surface area contributed by atoms with Gasteiger partial charge in [0.2, 0.25) is 0 Å². The molecule has 0 atom stereocenters. The number of anilines is 2. The minimum atomic E-state index is -0.415. The van der Waals surface area contributed by atoms with E-state index in [2.05, 4.69) is 32.1 Å². The molecule has 10 heteroatoms. The predicted octanol–water partition coefficient (Wildman–Crippen LogP) is 4.99. The fourth-order valence-corrected chi connectivity index (χ4v) is 3.54. The van der Waals surface area contributed by atoms with E-state index in [1.165, 1.54) is 24.6 Å². The van der Waals surface area contributed by atoms with E-state index in [9.17, 15) is 8.78 Å². The number of nitrogens with zero attached hydrogens (tertiary/aromatic N) is 5. The van der Waals surface area contributed by atoms with Crippen LogP contribution in [-0.2, 0) is 6.54 Å². The summed E-state index contributed by atoms with van der Waals surface area (Å²) in [7, 11) is 0. The summed E-state index contributed by atoms with van der Waals surface area (Å²) in [4.78, 5) is 8.71. The van der Waals surface area contributed by atoms with Crippen molar-refractivity contribution in [1.82, 2.24) is 24.9 Å². The van der Waals surface area contributed by atoms with E-state index in [0.29, 0.717) is 39.6 Å². The van der Waals surface area contributed by atoms with Crippen LogP contribution in [0, 0.1) is 11.6 Å². The third-order valence-corrected chi connectivity index (χ3v) is 5.29. The second-order valence-corrected chi connectivity index (χ2v) is 7.62. The summed E-state index contributed by atoms with van der Waals surface area (Å²) in [5.74, 6) is -0.385. The number of nitrogens with one attached hydrogen (secondary N) is 1. The summed E-state index contributed by atoms with van der Waals surface area (Å²) in [6, 6.07) is 16.1. The van der Waals surface area contributed by atoms with Crippen LogP contribution in [0.25, 0.3) is 28.6 Å². The van der Waals surface area contributed by atoms with Crippen LogP contribution < -0.4 is 11.1 Å². The molecule has 35 heavy (non-hydrogen) atoms. The lowest BCUT2D eigenvalue weighted by Gasteiger charge is -2.12. The molecule has 8 nitrogen and oxygen atoms in total. The molecule has 0 aliphatic rings. The van der Waals surface area contributed by atoms with Crippen LogP contribution in [0.2, 0.25) is 0 Å². The topological polar surface area (TPSA) is 108 Å². The maximum Gasteiger partial charge on any atom is 0.182 e. The molecule has 0 bridgehead atoms. The van der Waals surface area contributed by atoms with Crippen LogP contribution in [0.1, 0.15) is 11.1 Å². The second kappa shape index (κ2) is 9.18. The maximum atomic E-state index is 14.3. The molecule has 5 rings (SSSR count). The van der Waals surface area contributed by atoms with Crippen molar-refractivity contribution in [2.75, 3.05) is 11.1 Å². The Balaban J connectivity index is 1.46. The molecule has 3 N–H and O–H groups in total. The number of nitrogen functional groups attached to an aromatic ring is 1. The third-order valence-electron chi connectivity index (χ3n) is 5.29. The monoisotopic (exact) mass is 471 g/mol. The number of hydrogen-bond donors (Lipinski definition) is 2. The first-order chi connectivity index (χ1) is 17.0. The molecule has 5 aromatic rings. The van der Waals surface area contributed by atoms with E-state index >= 15 is 0 Å². The van der Waals surface area contributed by atoms with Crippen molar-refractivity contribution in [3.8, 4) is 22.9 Å². The van der Waals surface area contributed by atoms with E-state index in [4.69, 9.17) is 10.3 Å². The van der Waals surface area contributed by atoms with E-state index in [-0.39, 0.29) is 24.0 Å². The zero-order chi connectivity index (χ0) is 24.4. The minimum absolute atomic E-state index is 0.124. The Kier molecular flexibility index (Phi) is 5.76. The van der Waals surface area contributed by atoms with E-state index in [0.717, 1.165) is 0 Å². The quantitative estimate of drug-likeness (QED) is 0.344. The van der Waals surface area contributed by atoms with Gasteiger partial charge in [0, 0.05) is 22.9 Å². The Morgan fingerprint density at radius 1 is 1.03 bits per heavy atom. The summed E-state index contributed by atoms with van der Waals surface area (Å²) < 4.78 is 34.9. The van der Waals surface area contributed by atoms with Crippen LogP contribution in [0.3, 0.4) is 0 Å². The van der Waals surface area contributed by atoms with Gasteiger partial charge < -0.3 is 15.6 Å². The molecule has 0 amide bonds. The van der Waals surface area contributed by atoms with Gasteiger partial charge in [-0.1, -0.05) is 42.1 Å². The van der Waals surface area contributed by atoms with E-state index < -0.39 is 5.82 Å². The molecule has 0 saturated heterocycles. The van der Waals surface area contributed by atoms with Crippen molar-refractivity contribution in [3.63, 3.8) is 0 Å². The first kappa shape index (κ1) is 22.0. The zero-order valence-electron chi connectivity index (χ0n) is 18.3. The van der Waals surface area contributed by atoms with Crippen molar-refractivity contribution in [1.29, 1.82) is 0 Å². The SMILES string of the molecule is C=C(Nc1cnc(-c2cc(-c3ccon3)n(Cc3ccccc3F)n2)nc1N)c1ccccc1F. The smallest absolute Gasteiger partial charge is 0.182 e. The van der Waals surface area contributed by atoms with Crippen molar-refractivity contribution >= 4 is 17.2 Å². The van der Waals surface area contributed by atoms with Gasteiger partial charge in [-0.05, 0) is 24.3 Å². The second-order valence-electron chi connectivity index (χ2n) is 7.62. The van der Waals surface area contributed by atoms with Crippen LogP contribution in [0.5, 0.6) is 0 Å². The molecule has 0 spiro atoms. The zero-order valence-corrected chi connectivity index (χ0v) is 18.3. The maximum absolute atomic E-state index is 14.3. The van der Waals surface area contributed by atoms with Crippen LogP contribution >= 0.6 is 0 Å². The average Bonchev–Trinajstić information content (AvgIpc) is 3.52. The fraction of sp³-hybridized carbons (Fsp3) is 0.0400. The number of nitrogens with two attached hydrogens (primary N) is 1. The van der Waals surface area contributed by atoms with Crippen molar-refractivity contribution < 1.29 is 13.3 Å². The lowest BCUT2D eigenvalue weighted by Crippen LogP contribution is -2.07. The van der Waals surface area contributed by atoms with Crippen LogP contribution in [-0.4, -0.2) is 24.9 Å². The predicted molar refractivity (Wildman–Crippen MR) is 128 cm³/mol. The average molecular weight is 471 g/mol. The Morgan fingerprint density at radius 3 is 2.51 bits per heavy atom. The van der Waals surface area contributed by atoms with E-state index in [1.807, 2.05) is 0 Å². The lowest BCUT2D eigenvalue weighted by molar-refractivity contribution is 0.421. The van der Waals surface area contributed by atoms with Gasteiger partial charge in [0.15, 0.2) is 11.6 Å². The Labute approximate surface area is 198 Å². The molecule has 3 aromatic heterocycles. The summed E-state index contributed by atoms with van der Waals surface area (Å²) in [5.41, 5.74) is 9.11. The van der Waals surface area contributed by atoms with Crippen LogP contribution in [0.15, 0.2) is 84.2 Å². The highest BCUT2D eigenvalue weighted by Gasteiger charge is 2.18. The highest BCUT2D eigenvalue weighted by Crippen LogP contribution is 2.28. The number of rotatable bonds is 7. The highest BCUT2D eigenvalue weighted by molar-refractivity contribution is 5.80. The molecule has 0 radical (unpaired) electrons. The molecule has 0 saturated carbocycles. The normalized spacial score (nSPS) is 10.9. The fourth-order valence-electron chi connectivity index (χ4n) is 3.54. The van der Waals surface area contributed by atoms with Crippen LogP contribution in [0.4, 0.5) is 20.3 Å². The highest BCUT2D eigenvalue weighted by atomic mass is 19.1. The van der Waals surface area contributed by atoms with Gasteiger partial charge in [-0.25, -0.2) is 18.7 Å². The summed E-state index contributed by atoms with van der Waals surface area (Å²) in [6.07, 6.45) is 2.90. The van der Waals surface area contributed by atoms with Gasteiger partial charge in [-0.3, -0.25) is 4.68 Å². The Morgan fingerprint density at radius 2 is 1.80 bits per heavy atom. The number of aromatic nitrogens is 5. The molecule has 0 fully saturated rings. The van der Waals surface area contributed by atoms with Crippen molar-refractivity contribution in [3.05, 3.63) is 102 Å². The molecular weight excluding hydrogens is 452 g/mol. The first-order valence-electron chi connectivity index (χ1n) is 10.6. The number of benzene rings is 2. The Bertz CT molecular complexity index is 1510. The van der Waals surface area contributed by atoms with Crippen molar-refractivity contribution in [2.24, 2.45) is 0 Å². The molecular formula is C25H19F2N7O. The van der Waals surface area contributed by atoms with Gasteiger partial charge in [-0.15, -0.1) is 0 Å². The van der Waals surface area contributed by atoms with Gasteiger partial charge in [0.1, 0.15) is 29.3 Å². The van der Waals surface area contributed by atoms with Gasteiger partial charge in [0.05, 0.1) is 24.1 Å². The molecule has 0 aliphatic heterocycles. The number of hydrogen-bond acceptors (Lipinski definition) is 7. The standard InChI is InChI=1S/C25H19F2N7O/c1-15(17-7-3-5-9-19(17)27)30-22-13-29-25(31-24(22)28)21-12-23(20-10-11-35-33-20)34(32-21)14-16-6-2-4-8-18(16)26/h2-13,30H,1,14H2,(H2,28,29,31). The van der Waals surface area contributed by atoms with Crippen molar-refractivity contribution in [2.45, 2.75) is 6.54 Å². The van der Waals surface area contributed by atoms with Gasteiger partial charge in [0.25, 0.3) is 0 Å². The molecule has 174 valence electrons.